The molecule has 144 valence electrons. The third-order valence-electron chi connectivity index (χ3n) is 5.43. The largest absolute Gasteiger partial charge is 0.389 e. The highest BCUT2D eigenvalue weighted by atomic mass is 16.1. The first-order valence-corrected chi connectivity index (χ1v) is 9.76. The number of fused-ring (bicyclic) bond motifs is 1. The summed E-state index contributed by atoms with van der Waals surface area (Å²) in [5.41, 5.74) is 3.51. The number of hydrogen-bond acceptors (Lipinski definition) is 4. The predicted octanol–water partition coefficient (Wildman–Crippen LogP) is 3.18. The Balaban J connectivity index is 1.83. The minimum absolute atomic E-state index is 0.111. The Labute approximate surface area is 161 Å². The number of rotatable bonds is 5. The summed E-state index contributed by atoms with van der Waals surface area (Å²) < 4.78 is 1.85. The zero-order valence-corrected chi connectivity index (χ0v) is 16.8. The van der Waals surface area contributed by atoms with Crippen LogP contribution in [0.5, 0.6) is 0 Å². The van der Waals surface area contributed by atoms with Crippen molar-refractivity contribution in [3.05, 3.63) is 57.8 Å². The number of piperidine rings is 1. The molecular formula is C22H30N4O. The van der Waals surface area contributed by atoms with Crippen molar-refractivity contribution in [1.82, 2.24) is 14.8 Å². The van der Waals surface area contributed by atoms with Gasteiger partial charge in [0, 0.05) is 63.1 Å². The van der Waals surface area contributed by atoms with Crippen LogP contribution in [0, 0.1) is 6.92 Å². The summed E-state index contributed by atoms with van der Waals surface area (Å²) in [6.45, 7) is 6.95. The van der Waals surface area contributed by atoms with Crippen LogP contribution < -0.4 is 10.9 Å². The van der Waals surface area contributed by atoms with E-state index in [1.54, 1.807) is 7.05 Å². The predicted molar refractivity (Wildman–Crippen MR) is 114 cm³/mol. The highest BCUT2D eigenvalue weighted by molar-refractivity contribution is 5.82. The second kappa shape index (κ2) is 8.42. The van der Waals surface area contributed by atoms with Crippen molar-refractivity contribution in [2.45, 2.75) is 32.6 Å². The number of likely N-dealkylation sites (tertiary alicyclic amines) is 1. The Hall–Kier alpha value is -2.56. The number of pyridine rings is 1. The van der Waals surface area contributed by atoms with Crippen LogP contribution in [0.15, 0.2) is 45.9 Å². The number of nitrogens with one attached hydrogen (secondary N) is 1. The topological polar surface area (TPSA) is 49.6 Å². The molecule has 1 N–H and O–H groups in total. The molecule has 0 spiro atoms. The molecule has 27 heavy (non-hydrogen) atoms. The van der Waals surface area contributed by atoms with Gasteiger partial charge in [0.15, 0.2) is 0 Å². The van der Waals surface area contributed by atoms with Gasteiger partial charge in [-0.2, -0.15) is 0 Å². The molecule has 0 aliphatic carbocycles. The van der Waals surface area contributed by atoms with E-state index in [1.165, 1.54) is 0 Å². The molecule has 1 aromatic heterocycles. The monoisotopic (exact) mass is 366 g/mol. The first-order valence-electron chi connectivity index (χ1n) is 9.76. The minimum Gasteiger partial charge on any atom is -0.389 e. The molecule has 1 aromatic carbocycles. The van der Waals surface area contributed by atoms with Gasteiger partial charge < -0.3 is 14.8 Å². The third-order valence-corrected chi connectivity index (χ3v) is 5.43. The standard InChI is InChI=1S/C22H30N4O/c1-5-24-15-19(14-23-3)26-10-8-17(9-11-26)21-13-18-7-6-16(2)12-20(18)22(27)25(21)4/h6-7,12-15,17,24H,5,8-11H2,1-4H3/b19-15+,23-14?. The number of hydrogen-bond donors (Lipinski definition) is 1. The Morgan fingerprint density at radius 3 is 2.70 bits per heavy atom. The van der Waals surface area contributed by atoms with Crippen molar-refractivity contribution in [2.24, 2.45) is 12.0 Å². The Morgan fingerprint density at radius 1 is 1.30 bits per heavy atom. The Bertz CT molecular complexity index is 918. The van der Waals surface area contributed by atoms with Crippen LogP contribution in [-0.4, -0.2) is 42.4 Å². The summed E-state index contributed by atoms with van der Waals surface area (Å²) in [5.74, 6) is 0.406. The number of allylic oxidation sites excluding steroid dienone is 1. The fourth-order valence-corrected chi connectivity index (χ4v) is 3.91. The summed E-state index contributed by atoms with van der Waals surface area (Å²) in [6.07, 6.45) is 6.02. The number of aromatic nitrogens is 1. The molecule has 0 bridgehead atoms. The lowest BCUT2D eigenvalue weighted by atomic mass is 9.91. The normalized spacial score (nSPS) is 16.4. The van der Waals surface area contributed by atoms with Crippen molar-refractivity contribution in [2.75, 3.05) is 26.7 Å². The zero-order valence-electron chi connectivity index (χ0n) is 16.8. The number of aliphatic imine (C=N–C) groups is 1. The van der Waals surface area contributed by atoms with Crippen molar-refractivity contribution >= 4 is 17.0 Å². The van der Waals surface area contributed by atoms with Gasteiger partial charge in [0.2, 0.25) is 0 Å². The lowest BCUT2D eigenvalue weighted by Gasteiger charge is -2.34. The fraction of sp³-hybridized carbons (Fsp3) is 0.455. The molecule has 1 saturated heterocycles. The van der Waals surface area contributed by atoms with Crippen LogP contribution in [0.1, 0.15) is 36.9 Å². The maximum atomic E-state index is 12.8. The molecule has 1 aliphatic heterocycles. The minimum atomic E-state index is 0.111. The molecule has 0 saturated carbocycles. The Kier molecular flexibility index (Phi) is 5.99. The summed E-state index contributed by atoms with van der Waals surface area (Å²) in [5, 5.41) is 5.14. The summed E-state index contributed by atoms with van der Waals surface area (Å²) in [7, 11) is 3.71. The molecular weight excluding hydrogens is 336 g/mol. The summed E-state index contributed by atoms with van der Waals surface area (Å²) in [6, 6.07) is 8.35. The first kappa shape index (κ1) is 19.2. The smallest absolute Gasteiger partial charge is 0.258 e. The van der Waals surface area contributed by atoms with Crippen LogP contribution in [0.2, 0.25) is 0 Å². The molecule has 1 fully saturated rings. The van der Waals surface area contributed by atoms with Crippen LogP contribution in [-0.2, 0) is 7.05 Å². The van der Waals surface area contributed by atoms with Crippen LogP contribution in [0.3, 0.4) is 0 Å². The van der Waals surface area contributed by atoms with E-state index in [4.69, 9.17) is 0 Å². The van der Waals surface area contributed by atoms with Gasteiger partial charge in [0.1, 0.15) is 0 Å². The lowest BCUT2D eigenvalue weighted by Crippen LogP contribution is -2.35. The average Bonchev–Trinajstić information content (AvgIpc) is 2.68. The van der Waals surface area contributed by atoms with E-state index in [9.17, 15) is 4.79 Å². The maximum Gasteiger partial charge on any atom is 0.258 e. The van der Waals surface area contributed by atoms with Gasteiger partial charge in [-0.25, -0.2) is 0 Å². The highest BCUT2D eigenvalue weighted by Gasteiger charge is 2.24. The molecule has 5 nitrogen and oxygen atoms in total. The van der Waals surface area contributed by atoms with Crippen LogP contribution in [0.25, 0.3) is 10.8 Å². The number of aryl methyl sites for hydroxylation is 1. The van der Waals surface area contributed by atoms with E-state index in [0.29, 0.717) is 5.92 Å². The first-order chi connectivity index (χ1) is 13.0. The molecule has 3 rings (SSSR count). The second-order valence-electron chi connectivity index (χ2n) is 7.30. The molecule has 2 aromatic rings. The highest BCUT2D eigenvalue weighted by Crippen LogP contribution is 2.30. The summed E-state index contributed by atoms with van der Waals surface area (Å²) >= 11 is 0. The van der Waals surface area contributed by atoms with E-state index < -0.39 is 0 Å². The van der Waals surface area contributed by atoms with E-state index in [-0.39, 0.29) is 5.56 Å². The molecule has 0 atom stereocenters. The van der Waals surface area contributed by atoms with E-state index in [2.05, 4.69) is 40.3 Å². The lowest BCUT2D eigenvalue weighted by molar-refractivity contribution is 0.269. The number of benzene rings is 1. The van der Waals surface area contributed by atoms with Crippen molar-refractivity contribution in [3.8, 4) is 0 Å². The van der Waals surface area contributed by atoms with E-state index in [1.807, 2.05) is 37.0 Å². The van der Waals surface area contributed by atoms with Crippen LogP contribution in [0.4, 0.5) is 0 Å². The molecule has 0 unspecified atom stereocenters. The Morgan fingerprint density at radius 2 is 2.04 bits per heavy atom. The summed E-state index contributed by atoms with van der Waals surface area (Å²) in [4.78, 5) is 19.4. The van der Waals surface area contributed by atoms with Gasteiger partial charge >= 0.3 is 0 Å². The van der Waals surface area contributed by atoms with Gasteiger partial charge in [-0.1, -0.05) is 17.7 Å². The maximum absolute atomic E-state index is 12.8. The zero-order chi connectivity index (χ0) is 19.4. The van der Waals surface area contributed by atoms with Gasteiger partial charge in [-0.15, -0.1) is 0 Å². The fourth-order valence-electron chi connectivity index (χ4n) is 3.91. The third kappa shape index (κ3) is 4.07. The molecule has 0 radical (unpaired) electrons. The van der Waals surface area contributed by atoms with Crippen molar-refractivity contribution in [3.63, 3.8) is 0 Å². The van der Waals surface area contributed by atoms with E-state index >= 15 is 0 Å². The van der Waals surface area contributed by atoms with Gasteiger partial charge in [-0.05, 0) is 44.2 Å². The quantitative estimate of drug-likeness (QED) is 0.827. The molecule has 0 amide bonds. The van der Waals surface area contributed by atoms with Crippen molar-refractivity contribution < 1.29 is 0 Å². The van der Waals surface area contributed by atoms with Gasteiger partial charge in [0.05, 0.1) is 5.70 Å². The van der Waals surface area contributed by atoms with Gasteiger partial charge in [0.25, 0.3) is 5.56 Å². The van der Waals surface area contributed by atoms with E-state index in [0.717, 1.165) is 60.2 Å². The molecule has 2 heterocycles. The van der Waals surface area contributed by atoms with Crippen molar-refractivity contribution in [1.29, 1.82) is 0 Å². The molecule has 5 heteroatoms. The number of nitrogens with zero attached hydrogens (tertiary/aromatic N) is 3. The van der Waals surface area contributed by atoms with Crippen LogP contribution >= 0.6 is 0 Å². The average molecular weight is 367 g/mol. The second-order valence-corrected chi connectivity index (χ2v) is 7.30. The SMILES string of the molecule is CCN/C=C(\C=NC)N1CCC(c2cc3ccc(C)cc3c(=O)n2C)CC1. The molecule has 1 aliphatic rings. The van der Waals surface area contributed by atoms with Gasteiger partial charge in [-0.3, -0.25) is 9.79 Å².